The summed E-state index contributed by atoms with van der Waals surface area (Å²) in [6.45, 7) is 2.44. The van der Waals surface area contributed by atoms with Gasteiger partial charge in [0.25, 0.3) is 0 Å². The van der Waals surface area contributed by atoms with Crippen molar-refractivity contribution in [2.45, 2.75) is 17.9 Å². The van der Waals surface area contributed by atoms with Gasteiger partial charge in [-0.1, -0.05) is 18.2 Å². The van der Waals surface area contributed by atoms with Crippen molar-refractivity contribution < 1.29 is 8.42 Å². The lowest BCUT2D eigenvalue weighted by Crippen LogP contribution is -2.33. The Morgan fingerprint density at radius 2 is 1.95 bits per heavy atom. The third-order valence-electron chi connectivity index (χ3n) is 3.67. The Bertz CT molecular complexity index is 677. The van der Waals surface area contributed by atoms with Gasteiger partial charge in [0.05, 0.1) is 10.6 Å². The summed E-state index contributed by atoms with van der Waals surface area (Å²) in [4.78, 5) is 4.11. The van der Waals surface area contributed by atoms with Gasteiger partial charge in [-0.3, -0.25) is 4.90 Å². The van der Waals surface area contributed by atoms with Crippen LogP contribution in [-0.4, -0.2) is 32.2 Å². The molecule has 0 fully saturated rings. The first-order valence-corrected chi connectivity index (χ1v) is 9.24. The molecule has 3 rings (SSSR count). The van der Waals surface area contributed by atoms with Crippen molar-refractivity contribution in [1.82, 2.24) is 4.90 Å². The van der Waals surface area contributed by atoms with E-state index < -0.39 is 9.84 Å². The lowest BCUT2D eigenvalue weighted by molar-refractivity contribution is 0.271. The smallest absolute Gasteiger partial charge is 0.179 e. The third-order valence-corrected chi connectivity index (χ3v) is 6.40. The molecule has 0 saturated heterocycles. The van der Waals surface area contributed by atoms with Crippen molar-refractivity contribution in [1.29, 1.82) is 0 Å². The van der Waals surface area contributed by atoms with Gasteiger partial charge in [-0.05, 0) is 35.6 Å². The van der Waals surface area contributed by atoms with E-state index in [9.17, 15) is 8.42 Å². The molecule has 3 nitrogen and oxygen atoms in total. The Labute approximate surface area is 123 Å². The molecule has 0 aliphatic carbocycles. The molecule has 106 valence electrons. The molecule has 0 saturated carbocycles. The molecule has 1 aromatic carbocycles. The molecule has 0 bridgehead atoms. The van der Waals surface area contributed by atoms with Gasteiger partial charge < -0.3 is 0 Å². The van der Waals surface area contributed by atoms with Crippen molar-refractivity contribution in [3.8, 4) is 0 Å². The van der Waals surface area contributed by atoms with Crippen molar-refractivity contribution in [2.75, 3.05) is 18.8 Å². The lowest BCUT2D eigenvalue weighted by atomic mass is 10.1. The standard InChI is InChI=1S/C15H17NO2S2/c17-20(18,14-4-2-1-3-5-14)11-9-16-8-6-15-13(12-16)7-10-19-15/h1-5,7,10H,6,8-9,11-12H2. The molecule has 1 aliphatic rings. The number of fused-ring (bicyclic) bond motifs is 1. The Hall–Kier alpha value is -1.17. The minimum atomic E-state index is -3.16. The Balaban J connectivity index is 1.63. The zero-order valence-corrected chi connectivity index (χ0v) is 12.8. The molecule has 0 N–H and O–H groups in total. The summed E-state index contributed by atoms with van der Waals surface area (Å²) < 4.78 is 24.5. The second-order valence-electron chi connectivity index (χ2n) is 5.03. The zero-order valence-electron chi connectivity index (χ0n) is 11.2. The van der Waals surface area contributed by atoms with Gasteiger partial charge >= 0.3 is 0 Å². The van der Waals surface area contributed by atoms with E-state index in [1.54, 1.807) is 35.6 Å². The number of nitrogens with zero attached hydrogens (tertiary/aromatic N) is 1. The van der Waals surface area contributed by atoms with Gasteiger partial charge in [-0.2, -0.15) is 0 Å². The van der Waals surface area contributed by atoms with E-state index in [2.05, 4.69) is 16.3 Å². The highest BCUT2D eigenvalue weighted by atomic mass is 32.2. The van der Waals surface area contributed by atoms with Crippen LogP contribution < -0.4 is 0 Å². The number of sulfone groups is 1. The largest absolute Gasteiger partial charge is 0.298 e. The Kier molecular flexibility index (Phi) is 3.92. The summed E-state index contributed by atoms with van der Waals surface area (Å²) in [6, 6.07) is 10.9. The van der Waals surface area contributed by atoms with Crippen LogP contribution in [0.3, 0.4) is 0 Å². The average Bonchev–Trinajstić information content (AvgIpc) is 2.94. The van der Waals surface area contributed by atoms with E-state index in [1.165, 1.54) is 10.4 Å². The highest BCUT2D eigenvalue weighted by Gasteiger charge is 2.20. The van der Waals surface area contributed by atoms with Crippen LogP contribution in [0, 0.1) is 0 Å². The molecule has 20 heavy (non-hydrogen) atoms. The Morgan fingerprint density at radius 1 is 1.15 bits per heavy atom. The van der Waals surface area contributed by atoms with Gasteiger partial charge in [-0.25, -0.2) is 8.42 Å². The lowest BCUT2D eigenvalue weighted by Gasteiger charge is -2.26. The number of benzene rings is 1. The normalized spacial score (nSPS) is 16.0. The first-order valence-electron chi connectivity index (χ1n) is 6.70. The van der Waals surface area contributed by atoms with Gasteiger partial charge in [0.15, 0.2) is 9.84 Å². The van der Waals surface area contributed by atoms with Crippen molar-refractivity contribution in [2.24, 2.45) is 0 Å². The molecular weight excluding hydrogens is 290 g/mol. The fraction of sp³-hybridized carbons (Fsp3) is 0.333. The second-order valence-corrected chi connectivity index (χ2v) is 8.14. The molecule has 0 spiro atoms. The van der Waals surface area contributed by atoms with Gasteiger partial charge in [0, 0.05) is 24.5 Å². The van der Waals surface area contributed by atoms with Crippen LogP contribution in [0.4, 0.5) is 0 Å². The summed E-state index contributed by atoms with van der Waals surface area (Å²) in [7, 11) is -3.16. The topological polar surface area (TPSA) is 37.4 Å². The summed E-state index contributed by atoms with van der Waals surface area (Å²) in [5, 5.41) is 2.12. The van der Waals surface area contributed by atoms with Gasteiger partial charge in [-0.15, -0.1) is 11.3 Å². The van der Waals surface area contributed by atoms with Crippen LogP contribution in [0.15, 0.2) is 46.7 Å². The van der Waals surface area contributed by atoms with Crippen molar-refractivity contribution >= 4 is 21.2 Å². The number of thiophene rings is 1. The fourth-order valence-corrected chi connectivity index (χ4v) is 4.69. The van der Waals surface area contributed by atoms with Crippen LogP contribution in [0.5, 0.6) is 0 Å². The molecule has 0 amide bonds. The minimum Gasteiger partial charge on any atom is -0.298 e. The van der Waals surface area contributed by atoms with E-state index in [-0.39, 0.29) is 5.75 Å². The highest BCUT2D eigenvalue weighted by Crippen LogP contribution is 2.24. The highest BCUT2D eigenvalue weighted by molar-refractivity contribution is 7.91. The van der Waals surface area contributed by atoms with E-state index in [0.717, 1.165) is 19.5 Å². The van der Waals surface area contributed by atoms with Crippen molar-refractivity contribution in [3.05, 3.63) is 52.2 Å². The zero-order chi connectivity index (χ0) is 14.0. The molecule has 0 unspecified atom stereocenters. The van der Waals surface area contributed by atoms with Crippen LogP contribution in [-0.2, 0) is 22.8 Å². The number of hydrogen-bond acceptors (Lipinski definition) is 4. The van der Waals surface area contributed by atoms with E-state index in [1.807, 2.05) is 6.07 Å². The molecule has 2 aromatic rings. The first-order chi connectivity index (χ1) is 9.65. The van der Waals surface area contributed by atoms with Crippen LogP contribution >= 0.6 is 11.3 Å². The average molecular weight is 307 g/mol. The van der Waals surface area contributed by atoms with Crippen LogP contribution in [0.1, 0.15) is 10.4 Å². The molecule has 1 aromatic heterocycles. The third kappa shape index (κ3) is 2.95. The Morgan fingerprint density at radius 3 is 2.75 bits per heavy atom. The maximum atomic E-state index is 12.2. The molecule has 1 aliphatic heterocycles. The first kappa shape index (κ1) is 13.8. The molecule has 0 atom stereocenters. The summed E-state index contributed by atoms with van der Waals surface area (Å²) in [6.07, 6.45) is 1.04. The quantitative estimate of drug-likeness (QED) is 0.871. The van der Waals surface area contributed by atoms with Crippen molar-refractivity contribution in [3.63, 3.8) is 0 Å². The van der Waals surface area contributed by atoms with E-state index >= 15 is 0 Å². The SMILES string of the molecule is O=S(=O)(CCN1CCc2sccc2C1)c1ccccc1. The van der Waals surface area contributed by atoms with E-state index in [4.69, 9.17) is 0 Å². The number of rotatable bonds is 4. The summed E-state index contributed by atoms with van der Waals surface area (Å²) >= 11 is 1.80. The van der Waals surface area contributed by atoms with Gasteiger partial charge in [0.2, 0.25) is 0 Å². The maximum absolute atomic E-state index is 12.2. The second kappa shape index (κ2) is 5.68. The minimum absolute atomic E-state index is 0.191. The molecule has 0 radical (unpaired) electrons. The molecular formula is C15H17NO2S2. The fourth-order valence-electron chi connectivity index (χ4n) is 2.49. The predicted molar refractivity (Wildman–Crippen MR) is 81.8 cm³/mol. The summed E-state index contributed by atoms with van der Waals surface area (Å²) in [5.41, 5.74) is 1.36. The molecule has 2 heterocycles. The van der Waals surface area contributed by atoms with Crippen LogP contribution in [0.2, 0.25) is 0 Å². The molecule has 5 heteroatoms. The maximum Gasteiger partial charge on any atom is 0.179 e. The monoisotopic (exact) mass is 307 g/mol. The van der Waals surface area contributed by atoms with E-state index in [0.29, 0.717) is 11.4 Å². The summed E-state index contributed by atoms with van der Waals surface area (Å²) in [5.74, 6) is 0.191. The van der Waals surface area contributed by atoms with Gasteiger partial charge in [0.1, 0.15) is 0 Å². The predicted octanol–water partition coefficient (Wildman–Crippen LogP) is 2.58. The van der Waals surface area contributed by atoms with Crippen LogP contribution in [0.25, 0.3) is 0 Å². The number of hydrogen-bond donors (Lipinski definition) is 0.